The summed E-state index contributed by atoms with van der Waals surface area (Å²) >= 11 is 0. The highest BCUT2D eigenvalue weighted by atomic mass is 32.2. The summed E-state index contributed by atoms with van der Waals surface area (Å²) in [7, 11) is -4.36. The summed E-state index contributed by atoms with van der Waals surface area (Å²) < 4.78 is 35.0. The lowest BCUT2D eigenvalue weighted by Gasteiger charge is -2.09. The van der Waals surface area contributed by atoms with Crippen molar-refractivity contribution in [2.75, 3.05) is 0 Å². The van der Waals surface area contributed by atoms with Gasteiger partial charge >= 0.3 is 0 Å². The Morgan fingerprint density at radius 2 is 1.47 bits per heavy atom. The molecule has 30 heavy (non-hydrogen) atoms. The van der Waals surface area contributed by atoms with Crippen LogP contribution in [0.2, 0.25) is 0 Å². The van der Waals surface area contributed by atoms with Crippen LogP contribution in [0.25, 0.3) is 16.5 Å². The Labute approximate surface area is 174 Å². The summed E-state index contributed by atoms with van der Waals surface area (Å²) in [5, 5.41) is 14.5. The molecular weight excluding hydrogens is 400 g/mol. The maximum Gasteiger partial charge on any atom is 0.295 e. The molecule has 4 aromatic rings. The highest BCUT2D eigenvalue weighted by Crippen LogP contribution is 2.36. The molecule has 0 bridgehead atoms. The van der Waals surface area contributed by atoms with Crippen LogP contribution in [0, 0.1) is 20.8 Å². The number of benzene rings is 3. The number of hydrogen-bond donors (Lipinski definition) is 1. The number of fused-ring (bicyclic) bond motifs is 1. The van der Waals surface area contributed by atoms with Gasteiger partial charge in [0.15, 0.2) is 0 Å². The Kier molecular flexibility index (Phi) is 4.97. The van der Waals surface area contributed by atoms with Crippen molar-refractivity contribution >= 4 is 32.3 Å². The van der Waals surface area contributed by atoms with E-state index in [1.54, 1.807) is 31.2 Å². The third-order valence-electron chi connectivity index (χ3n) is 4.95. The molecule has 1 heterocycles. The molecule has 0 fully saturated rings. The lowest BCUT2D eigenvalue weighted by atomic mass is 10.1. The minimum Gasteiger partial charge on any atom is -0.282 e. The molecule has 4 rings (SSSR count). The van der Waals surface area contributed by atoms with Crippen molar-refractivity contribution in [3.8, 4) is 5.69 Å². The second kappa shape index (κ2) is 7.47. The summed E-state index contributed by atoms with van der Waals surface area (Å²) in [6, 6.07) is 18.1. The fourth-order valence-electron chi connectivity index (χ4n) is 3.51. The van der Waals surface area contributed by atoms with Crippen molar-refractivity contribution in [2.45, 2.75) is 25.7 Å². The summed E-state index contributed by atoms with van der Waals surface area (Å²) in [6.45, 7) is 5.53. The van der Waals surface area contributed by atoms with Gasteiger partial charge < -0.3 is 0 Å². The molecule has 0 saturated heterocycles. The van der Waals surface area contributed by atoms with Gasteiger partial charge in [0.2, 0.25) is 0 Å². The average molecular weight is 420 g/mol. The SMILES string of the molecule is Cc1cc(S(=O)(=O)O)c2ccccc2c1/N=N/c1c(C)nn(-c2ccccc2)c1C. The van der Waals surface area contributed by atoms with Crippen LogP contribution in [-0.2, 0) is 10.1 Å². The van der Waals surface area contributed by atoms with E-state index in [1.807, 2.05) is 48.9 Å². The number of para-hydroxylation sites is 1. The Morgan fingerprint density at radius 3 is 2.13 bits per heavy atom. The smallest absolute Gasteiger partial charge is 0.282 e. The minimum absolute atomic E-state index is 0.140. The van der Waals surface area contributed by atoms with E-state index in [9.17, 15) is 13.0 Å². The summed E-state index contributed by atoms with van der Waals surface area (Å²) in [6.07, 6.45) is 0. The zero-order chi connectivity index (χ0) is 21.5. The Balaban J connectivity index is 1.85. The van der Waals surface area contributed by atoms with Crippen molar-refractivity contribution in [1.29, 1.82) is 0 Å². The molecule has 8 heteroatoms. The number of azo groups is 1. The highest BCUT2D eigenvalue weighted by molar-refractivity contribution is 7.86. The predicted molar refractivity (Wildman–Crippen MR) is 116 cm³/mol. The topological polar surface area (TPSA) is 96.9 Å². The molecule has 0 saturated carbocycles. The number of rotatable bonds is 4. The van der Waals surface area contributed by atoms with Crippen molar-refractivity contribution in [3.05, 3.63) is 77.6 Å². The van der Waals surface area contributed by atoms with Gasteiger partial charge in [-0.1, -0.05) is 42.5 Å². The van der Waals surface area contributed by atoms with E-state index in [0.717, 1.165) is 17.1 Å². The van der Waals surface area contributed by atoms with Crippen LogP contribution in [-0.4, -0.2) is 22.8 Å². The number of hydrogen-bond acceptors (Lipinski definition) is 5. The Hall–Kier alpha value is -3.36. The second-order valence-corrected chi connectivity index (χ2v) is 8.42. The number of aromatic nitrogens is 2. The monoisotopic (exact) mass is 420 g/mol. The van der Waals surface area contributed by atoms with Crippen molar-refractivity contribution in [1.82, 2.24) is 9.78 Å². The third kappa shape index (κ3) is 3.51. The molecule has 0 aliphatic rings. The molecule has 1 N–H and O–H groups in total. The Morgan fingerprint density at radius 1 is 0.867 bits per heavy atom. The van der Waals surface area contributed by atoms with Crippen LogP contribution >= 0.6 is 0 Å². The van der Waals surface area contributed by atoms with Crippen LogP contribution in [0.15, 0.2) is 75.8 Å². The van der Waals surface area contributed by atoms with E-state index in [4.69, 9.17) is 0 Å². The fraction of sp³-hybridized carbons (Fsp3) is 0.136. The zero-order valence-corrected chi connectivity index (χ0v) is 17.6. The van der Waals surface area contributed by atoms with Crippen molar-refractivity contribution < 1.29 is 13.0 Å². The van der Waals surface area contributed by atoms with Crippen LogP contribution < -0.4 is 0 Å². The van der Waals surface area contributed by atoms with E-state index in [1.165, 1.54) is 6.07 Å². The minimum atomic E-state index is -4.36. The van der Waals surface area contributed by atoms with Gasteiger partial charge in [0.1, 0.15) is 10.6 Å². The van der Waals surface area contributed by atoms with Gasteiger partial charge in [-0.2, -0.15) is 13.5 Å². The van der Waals surface area contributed by atoms with Gasteiger partial charge in [0, 0.05) is 10.8 Å². The van der Waals surface area contributed by atoms with Gasteiger partial charge in [0.05, 0.1) is 22.8 Å². The molecule has 0 amide bonds. The average Bonchev–Trinajstić information content (AvgIpc) is 3.00. The Bertz CT molecular complexity index is 1390. The lowest BCUT2D eigenvalue weighted by molar-refractivity contribution is 0.484. The van der Waals surface area contributed by atoms with Crippen LogP contribution in [0.4, 0.5) is 11.4 Å². The van der Waals surface area contributed by atoms with Gasteiger partial charge in [-0.25, -0.2) is 4.68 Å². The van der Waals surface area contributed by atoms with E-state index < -0.39 is 10.1 Å². The van der Waals surface area contributed by atoms with Crippen molar-refractivity contribution in [2.24, 2.45) is 10.2 Å². The lowest BCUT2D eigenvalue weighted by Crippen LogP contribution is -2.00. The van der Waals surface area contributed by atoms with E-state index >= 15 is 0 Å². The highest BCUT2D eigenvalue weighted by Gasteiger charge is 2.18. The fourth-order valence-corrected chi connectivity index (χ4v) is 4.29. The molecule has 152 valence electrons. The number of aryl methyl sites for hydroxylation is 2. The number of nitrogens with zero attached hydrogens (tertiary/aromatic N) is 4. The standard InChI is InChI=1S/C22H20N4O3S/c1-14-13-20(30(27,28)29)18-11-7-8-12-19(18)21(14)23-24-22-15(2)25-26(16(22)3)17-9-5-4-6-10-17/h4-13H,1-3H3,(H,27,28,29)/b24-23+. The molecule has 0 unspecified atom stereocenters. The van der Waals surface area contributed by atoms with E-state index in [-0.39, 0.29) is 4.90 Å². The maximum atomic E-state index is 11.8. The molecule has 0 aliphatic heterocycles. The molecule has 0 radical (unpaired) electrons. The van der Waals surface area contributed by atoms with Gasteiger partial charge in [-0.15, -0.1) is 10.2 Å². The first-order chi connectivity index (χ1) is 14.3. The van der Waals surface area contributed by atoms with E-state index in [0.29, 0.717) is 27.7 Å². The maximum absolute atomic E-state index is 11.8. The first-order valence-electron chi connectivity index (χ1n) is 9.30. The molecule has 0 aliphatic carbocycles. The quantitative estimate of drug-likeness (QED) is 0.343. The predicted octanol–water partition coefficient (Wildman–Crippen LogP) is 5.61. The second-order valence-electron chi connectivity index (χ2n) is 7.03. The van der Waals surface area contributed by atoms with Gasteiger partial charge in [-0.3, -0.25) is 4.55 Å². The van der Waals surface area contributed by atoms with Crippen LogP contribution in [0.5, 0.6) is 0 Å². The first-order valence-corrected chi connectivity index (χ1v) is 10.7. The van der Waals surface area contributed by atoms with E-state index in [2.05, 4.69) is 15.3 Å². The summed E-state index contributed by atoms with van der Waals surface area (Å²) in [5.41, 5.74) is 4.30. The normalized spacial score (nSPS) is 12.1. The molecule has 0 spiro atoms. The van der Waals surface area contributed by atoms with Gasteiger partial charge in [-0.05, 0) is 44.5 Å². The van der Waals surface area contributed by atoms with Crippen LogP contribution in [0.3, 0.4) is 0 Å². The zero-order valence-electron chi connectivity index (χ0n) is 16.7. The molecule has 0 atom stereocenters. The summed E-state index contributed by atoms with van der Waals surface area (Å²) in [5.74, 6) is 0. The molecule has 7 nitrogen and oxygen atoms in total. The molecule has 3 aromatic carbocycles. The van der Waals surface area contributed by atoms with Gasteiger partial charge in [0.25, 0.3) is 10.1 Å². The van der Waals surface area contributed by atoms with Crippen molar-refractivity contribution in [3.63, 3.8) is 0 Å². The largest absolute Gasteiger partial charge is 0.295 e. The molecule has 1 aromatic heterocycles. The third-order valence-corrected chi connectivity index (χ3v) is 5.84. The first kappa shape index (κ1) is 19.9. The summed E-state index contributed by atoms with van der Waals surface area (Å²) in [4.78, 5) is -0.140. The molecular formula is C22H20N4O3S. The van der Waals surface area contributed by atoms with Crippen LogP contribution in [0.1, 0.15) is 17.0 Å².